The summed E-state index contributed by atoms with van der Waals surface area (Å²) in [5, 5.41) is 3.10. The molecule has 2 rings (SSSR count). The third-order valence-corrected chi connectivity index (χ3v) is 2.93. The number of aliphatic imine (C=N–C) groups is 1. The Balaban J connectivity index is 2.00. The molecule has 5 nitrogen and oxygen atoms in total. The summed E-state index contributed by atoms with van der Waals surface area (Å²) in [6.45, 7) is 4.57. The monoisotopic (exact) mass is 284 g/mol. The summed E-state index contributed by atoms with van der Waals surface area (Å²) in [6.07, 6.45) is 1.73. The van der Waals surface area contributed by atoms with Gasteiger partial charge in [-0.15, -0.1) is 0 Å². The molecule has 0 aliphatic carbocycles. The Morgan fingerprint density at radius 2 is 1.95 bits per heavy atom. The zero-order valence-corrected chi connectivity index (χ0v) is 12.6. The SMILES string of the molecule is COc1ccc(CN=C(N)Nc2cc(C)cc(C)c2)cn1. The van der Waals surface area contributed by atoms with Crippen LogP contribution in [0.1, 0.15) is 16.7 Å². The molecule has 1 heterocycles. The molecule has 0 fully saturated rings. The summed E-state index contributed by atoms with van der Waals surface area (Å²) in [5.74, 6) is 0.972. The van der Waals surface area contributed by atoms with Crippen LogP contribution in [0.5, 0.6) is 5.88 Å². The molecule has 0 bridgehead atoms. The Labute approximate surface area is 124 Å². The van der Waals surface area contributed by atoms with Crippen LogP contribution >= 0.6 is 0 Å². The number of aryl methyl sites for hydroxylation is 2. The van der Waals surface area contributed by atoms with Crippen molar-refractivity contribution >= 4 is 11.6 Å². The van der Waals surface area contributed by atoms with Crippen LogP contribution in [-0.4, -0.2) is 18.1 Å². The quantitative estimate of drug-likeness (QED) is 0.668. The maximum atomic E-state index is 5.90. The van der Waals surface area contributed by atoms with Crippen LogP contribution in [0, 0.1) is 13.8 Å². The second-order valence-corrected chi connectivity index (χ2v) is 4.91. The van der Waals surface area contributed by atoms with E-state index in [2.05, 4.69) is 35.2 Å². The number of nitrogens with one attached hydrogen (secondary N) is 1. The van der Waals surface area contributed by atoms with E-state index in [0.717, 1.165) is 11.3 Å². The molecule has 21 heavy (non-hydrogen) atoms. The van der Waals surface area contributed by atoms with Gasteiger partial charge in [-0.05, 0) is 42.7 Å². The van der Waals surface area contributed by atoms with E-state index < -0.39 is 0 Å². The van der Waals surface area contributed by atoms with E-state index in [1.807, 2.05) is 18.2 Å². The van der Waals surface area contributed by atoms with E-state index in [1.165, 1.54) is 11.1 Å². The van der Waals surface area contributed by atoms with E-state index in [9.17, 15) is 0 Å². The van der Waals surface area contributed by atoms with Gasteiger partial charge in [0.15, 0.2) is 5.96 Å². The van der Waals surface area contributed by atoms with E-state index >= 15 is 0 Å². The maximum absolute atomic E-state index is 5.90. The van der Waals surface area contributed by atoms with Gasteiger partial charge in [-0.2, -0.15) is 0 Å². The molecule has 2 aromatic rings. The van der Waals surface area contributed by atoms with Crippen molar-refractivity contribution in [2.45, 2.75) is 20.4 Å². The minimum atomic E-state index is 0.385. The number of rotatable bonds is 4. The minimum absolute atomic E-state index is 0.385. The lowest BCUT2D eigenvalue weighted by Gasteiger charge is -2.08. The van der Waals surface area contributed by atoms with Crippen molar-refractivity contribution in [3.8, 4) is 5.88 Å². The topological polar surface area (TPSA) is 72.5 Å². The van der Waals surface area contributed by atoms with Crippen molar-refractivity contribution in [3.05, 3.63) is 53.2 Å². The van der Waals surface area contributed by atoms with Crippen molar-refractivity contribution in [2.24, 2.45) is 10.7 Å². The number of ether oxygens (including phenoxy) is 1. The van der Waals surface area contributed by atoms with Gasteiger partial charge >= 0.3 is 0 Å². The number of nitrogens with two attached hydrogens (primary N) is 1. The number of hydrogen-bond donors (Lipinski definition) is 2. The first-order valence-corrected chi connectivity index (χ1v) is 6.71. The van der Waals surface area contributed by atoms with E-state index in [1.54, 1.807) is 19.4 Å². The van der Waals surface area contributed by atoms with Gasteiger partial charge in [0.1, 0.15) is 0 Å². The van der Waals surface area contributed by atoms with Crippen molar-refractivity contribution in [1.29, 1.82) is 0 Å². The lowest BCUT2D eigenvalue weighted by atomic mass is 10.1. The lowest BCUT2D eigenvalue weighted by molar-refractivity contribution is 0.397. The molecule has 0 aliphatic rings. The van der Waals surface area contributed by atoms with Crippen LogP contribution in [0.3, 0.4) is 0 Å². The molecule has 3 N–H and O–H groups in total. The third kappa shape index (κ3) is 4.49. The molecule has 1 aromatic carbocycles. The largest absolute Gasteiger partial charge is 0.481 e. The summed E-state index contributed by atoms with van der Waals surface area (Å²) in [5.41, 5.74) is 10.2. The van der Waals surface area contributed by atoms with E-state index in [-0.39, 0.29) is 0 Å². The molecule has 0 saturated carbocycles. The van der Waals surface area contributed by atoms with Gasteiger partial charge < -0.3 is 15.8 Å². The Morgan fingerprint density at radius 3 is 2.52 bits per heavy atom. The van der Waals surface area contributed by atoms with Gasteiger partial charge in [-0.3, -0.25) is 0 Å². The van der Waals surface area contributed by atoms with Gasteiger partial charge in [0.05, 0.1) is 13.7 Å². The fourth-order valence-corrected chi connectivity index (χ4v) is 2.04. The number of aromatic nitrogens is 1. The van der Waals surface area contributed by atoms with Gasteiger partial charge in [0, 0.05) is 18.0 Å². The molecule has 110 valence electrons. The van der Waals surface area contributed by atoms with Gasteiger partial charge in [-0.1, -0.05) is 12.1 Å². The molecule has 0 radical (unpaired) electrons. The predicted molar refractivity (Wildman–Crippen MR) is 85.7 cm³/mol. The fourth-order valence-electron chi connectivity index (χ4n) is 2.04. The zero-order chi connectivity index (χ0) is 15.2. The average Bonchev–Trinajstić information content (AvgIpc) is 2.44. The van der Waals surface area contributed by atoms with Crippen LogP contribution in [0.15, 0.2) is 41.5 Å². The second-order valence-electron chi connectivity index (χ2n) is 4.91. The molecule has 0 unspecified atom stereocenters. The Bertz CT molecular complexity index is 615. The highest BCUT2D eigenvalue weighted by molar-refractivity contribution is 5.92. The minimum Gasteiger partial charge on any atom is -0.481 e. The van der Waals surface area contributed by atoms with E-state index in [4.69, 9.17) is 10.5 Å². The molecule has 0 amide bonds. The first kappa shape index (κ1) is 14.8. The van der Waals surface area contributed by atoms with Crippen LogP contribution in [0.4, 0.5) is 5.69 Å². The van der Waals surface area contributed by atoms with Gasteiger partial charge in [-0.25, -0.2) is 9.98 Å². The van der Waals surface area contributed by atoms with Crippen molar-refractivity contribution in [1.82, 2.24) is 4.98 Å². The van der Waals surface area contributed by atoms with Crippen molar-refractivity contribution < 1.29 is 4.74 Å². The molecule has 0 saturated heterocycles. The molecule has 1 aromatic heterocycles. The summed E-state index contributed by atoms with van der Waals surface area (Å²) in [7, 11) is 1.59. The predicted octanol–water partition coefficient (Wildman–Crippen LogP) is 2.63. The number of guanidine groups is 1. The highest BCUT2D eigenvalue weighted by Gasteiger charge is 1.99. The first-order chi connectivity index (χ1) is 10.1. The number of methoxy groups -OCH3 is 1. The number of pyridine rings is 1. The number of nitrogens with zero attached hydrogens (tertiary/aromatic N) is 2. The summed E-state index contributed by atoms with van der Waals surface area (Å²) >= 11 is 0. The number of hydrogen-bond acceptors (Lipinski definition) is 3. The normalized spacial score (nSPS) is 11.3. The van der Waals surface area contributed by atoms with Crippen molar-refractivity contribution in [2.75, 3.05) is 12.4 Å². The average molecular weight is 284 g/mol. The maximum Gasteiger partial charge on any atom is 0.212 e. The number of benzene rings is 1. The van der Waals surface area contributed by atoms with Crippen LogP contribution < -0.4 is 15.8 Å². The van der Waals surface area contributed by atoms with Crippen molar-refractivity contribution in [3.63, 3.8) is 0 Å². The number of anilines is 1. The molecular weight excluding hydrogens is 264 g/mol. The summed E-state index contributed by atoms with van der Waals surface area (Å²) < 4.78 is 5.01. The van der Waals surface area contributed by atoms with E-state index in [0.29, 0.717) is 18.4 Å². The molecule has 0 atom stereocenters. The summed E-state index contributed by atoms with van der Waals surface area (Å²) in [6, 6.07) is 9.90. The second kappa shape index (κ2) is 6.74. The van der Waals surface area contributed by atoms with Gasteiger partial charge in [0.25, 0.3) is 0 Å². The summed E-state index contributed by atoms with van der Waals surface area (Å²) in [4.78, 5) is 8.44. The molecule has 0 spiro atoms. The molecular formula is C16H20N4O. The molecule has 0 aliphatic heterocycles. The third-order valence-electron chi connectivity index (χ3n) is 2.93. The van der Waals surface area contributed by atoms with Crippen LogP contribution in [-0.2, 0) is 6.54 Å². The smallest absolute Gasteiger partial charge is 0.212 e. The Hall–Kier alpha value is -2.56. The highest BCUT2D eigenvalue weighted by Crippen LogP contribution is 2.13. The zero-order valence-electron chi connectivity index (χ0n) is 12.6. The van der Waals surface area contributed by atoms with Crippen LogP contribution in [0.25, 0.3) is 0 Å². The highest BCUT2D eigenvalue weighted by atomic mass is 16.5. The fraction of sp³-hybridized carbons (Fsp3) is 0.250. The standard InChI is InChI=1S/C16H20N4O/c1-11-6-12(2)8-14(7-11)20-16(17)19-10-13-4-5-15(21-3)18-9-13/h4-9H,10H2,1-3H3,(H3,17,19,20). The lowest BCUT2D eigenvalue weighted by Crippen LogP contribution is -2.22. The van der Waals surface area contributed by atoms with Gasteiger partial charge in [0.2, 0.25) is 5.88 Å². The Morgan fingerprint density at radius 1 is 1.24 bits per heavy atom. The first-order valence-electron chi connectivity index (χ1n) is 6.71. The Kier molecular flexibility index (Phi) is 4.77. The molecule has 5 heteroatoms. The van der Waals surface area contributed by atoms with Crippen LogP contribution in [0.2, 0.25) is 0 Å².